The van der Waals surface area contributed by atoms with Crippen LogP contribution in [-0.2, 0) is 9.59 Å². The largest absolute Gasteiger partial charge is 0.326 e. The lowest BCUT2D eigenvalue weighted by atomic mass is 10.2. The number of amides is 2. The van der Waals surface area contributed by atoms with Crippen LogP contribution in [0.1, 0.15) is 13.8 Å². The van der Waals surface area contributed by atoms with Gasteiger partial charge in [-0.1, -0.05) is 12.1 Å². The summed E-state index contributed by atoms with van der Waals surface area (Å²) >= 11 is 1.17. The van der Waals surface area contributed by atoms with Gasteiger partial charge in [0.05, 0.1) is 5.25 Å². The Morgan fingerprint density at radius 2 is 1.57 bits per heavy atom. The number of carbonyl (C=O) groups is 2. The minimum Gasteiger partial charge on any atom is -0.326 e. The number of hydrogen-bond acceptors (Lipinski definition) is 3. The summed E-state index contributed by atoms with van der Waals surface area (Å²) in [6.45, 7) is 3.15. The van der Waals surface area contributed by atoms with Crippen LogP contribution in [0.5, 0.6) is 0 Å². The molecule has 4 nitrogen and oxygen atoms in total. The molecule has 0 heterocycles. The van der Waals surface area contributed by atoms with Gasteiger partial charge in [-0.25, -0.2) is 4.39 Å². The Morgan fingerprint density at radius 1 is 1.00 bits per heavy atom. The molecule has 2 amide bonds. The Bertz CT molecular complexity index is 704. The highest BCUT2D eigenvalue weighted by molar-refractivity contribution is 8.00. The Morgan fingerprint density at radius 3 is 2.13 bits per heavy atom. The van der Waals surface area contributed by atoms with Gasteiger partial charge in [0.25, 0.3) is 0 Å². The van der Waals surface area contributed by atoms with Gasteiger partial charge in [-0.2, -0.15) is 0 Å². The number of anilines is 2. The van der Waals surface area contributed by atoms with Crippen molar-refractivity contribution >= 4 is 35.0 Å². The van der Waals surface area contributed by atoms with Gasteiger partial charge in [0, 0.05) is 23.2 Å². The first kappa shape index (κ1) is 17.0. The first-order valence-electron chi connectivity index (χ1n) is 7.05. The van der Waals surface area contributed by atoms with E-state index in [0.29, 0.717) is 16.3 Å². The van der Waals surface area contributed by atoms with E-state index in [1.807, 2.05) is 0 Å². The molecule has 0 saturated heterocycles. The van der Waals surface area contributed by atoms with Gasteiger partial charge in [0.15, 0.2) is 0 Å². The molecular formula is C17H17FN2O2S. The zero-order valence-corrected chi connectivity index (χ0v) is 13.6. The molecule has 0 aliphatic rings. The molecular weight excluding hydrogens is 315 g/mol. The summed E-state index contributed by atoms with van der Waals surface area (Å²) in [5.41, 5.74) is 1.27. The second-order valence-electron chi connectivity index (χ2n) is 4.94. The van der Waals surface area contributed by atoms with E-state index < -0.39 is 5.25 Å². The minimum atomic E-state index is -0.443. The lowest BCUT2D eigenvalue weighted by Crippen LogP contribution is -2.22. The third kappa shape index (κ3) is 5.10. The molecule has 2 aromatic rings. The minimum absolute atomic E-state index is 0.156. The van der Waals surface area contributed by atoms with Gasteiger partial charge < -0.3 is 10.6 Å². The predicted octanol–water partition coefficient (Wildman–Crippen LogP) is 3.90. The van der Waals surface area contributed by atoms with Crippen LogP contribution in [-0.4, -0.2) is 17.1 Å². The second-order valence-corrected chi connectivity index (χ2v) is 6.32. The standard InChI is InChI=1S/C17H17FN2O2S/c1-11(23-16-6-4-3-5-15(16)18)17(22)20-14-9-7-13(8-10-14)19-12(2)21/h3-11H,1-2H3,(H,19,21)(H,20,22)/t11-/m1/s1. The van der Waals surface area contributed by atoms with Gasteiger partial charge in [0.1, 0.15) is 5.82 Å². The van der Waals surface area contributed by atoms with Gasteiger partial charge in [0.2, 0.25) is 11.8 Å². The van der Waals surface area contributed by atoms with Crippen LogP contribution in [0.15, 0.2) is 53.4 Å². The van der Waals surface area contributed by atoms with Crippen LogP contribution >= 0.6 is 11.8 Å². The highest BCUT2D eigenvalue weighted by Gasteiger charge is 2.16. The molecule has 2 aromatic carbocycles. The summed E-state index contributed by atoms with van der Waals surface area (Å²) in [4.78, 5) is 23.6. The van der Waals surface area contributed by atoms with E-state index in [9.17, 15) is 14.0 Å². The predicted molar refractivity (Wildman–Crippen MR) is 91.1 cm³/mol. The SMILES string of the molecule is CC(=O)Nc1ccc(NC(=O)[C@@H](C)Sc2ccccc2F)cc1. The Balaban J connectivity index is 1.95. The van der Waals surface area contributed by atoms with Crippen molar-refractivity contribution in [3.63, 3.8) is 0 Å². The summed E-state index contributed by atoms with van der Waals surface area (Å²) in [7, 11) is 0. The molecule has 23 heavy (non-hydrogen) atoms. The maximum atomic E-state index is 13.6. The topological polar surface area (TPSA) is 58.2 Å². The fourth-order valence-electron chi connectivity index (χ4n) is 1.87. The van der Waals surface area contributed by atoms with E-state index >= 15 is 0 Å². The number of thioether (sulfide) groups is 1. The highest BCUT2D eigenvalue weighted by Crippen LogP contribution is 2.26. The van der Waals surface area contributed by atoms with Crippen molar-refractivity contribution in [2.75, 3.05) is 10.6 Å². The van der Waals surface area contributed by atoms with Crippen molar-refractivity contribution in [1.29, 1.82) is 0 Å². The maximum Gasteiger partial charge on any atom is 0.237 e. The molecule has 0 unspecified atom stereocenters. The molecule has 2 rings (SSSR count). The van der Waals surface area contributed by atoms with Crippen LogP contribution in [0.25, 0.3) is 0 Å². The van der Waals surface area contributed by atoms with Gasteiger partial charge >= 0.3 is 0 Å². The van der Waals surface area contributed by atoms with Crippen LogP contribution in [0, 0.1) is 5.82 Å². The summed E-state index contributed by atoms with van der Waals surface area (Å²) in [6.07, 6.45) is 0. The normalized spacial score (nSPS) is 11.6. The quantitative estimate of drug-likeness (QED) is 0.816. The summed E-state index contributed by atoms with van der Waals surface area (Å²) in [5, 5.41) is 4.97. The molecule has 0 spiro atoms. The van der Waals surface area contributed by atoms with Crippen molar-refractivity contribution in [2.24, 2.45) is 0 Å². The van der Waals surface area contributed by atoms with E-state index in [0.717, 1.165) is 0 Å². The number of benzene rings is 2. The van der Waals surface area contributed by atoms with Crippen molar-refractivity contribution in [3.05, 3.63) is 54.3 Å². The molecule has 0 saturated carbocycles. The van der Waals surface area contributed by atoms with Crippen molar-refractivity contribution in [3.8, 4) is 0 Å². The molecule has 0 radical (unpaired) electrons. The number of rotatable bonds is 5. The van der Waals surface area contributed by atoms with Crippen LogP contribution in [0.4, 0.5) is 15.8 Å². The second kappa shape index (κ2) is 7.78. The molecule has 0 aliphatic heterocycles. The van der Waals surface area contributed by atoms with Crippen molar-refractivity contribution < 1.29 is 14.0 Å². The zero-order valence-electron chi connectivity index (χ0n) is 12.8. The molecule has 1 atom stereocenters. The lowest BCUT2D eigenvalue weighted by molar-refractivity contribution is -0.115. The van der Waals surface area contributed by atoms with Crippen LogP contribution in [0.2, 0.25) is 0 Å². The molecule has 120 valence electrons. The summed E-state index contributed by atoms with van der Waals surface area (Å²) < 4.78 is 13.6. The van der Waals surface area contributed by atoms with E-state index in [2.05, 4.69) is 10.6 Å². The Kier molecular flexibility index (Phi) is 5.76. The molecule has 2 N–H and O–H groups in total. The number of nitrogens with one attached hydrogen (secondary N) is 2. The third-order valence-corrected chi connectivity index (χ3v) is 4.14. The average Bonchev–Trinajstić information content (AvgIpc) is 2.51. The number of carbonyl (C=O) groups excluding carboxylic acids is 2. The molecule has 0 bridgehead atoms. The van der Waals surface area contributed by atoms with E-state index in [1.54, 1.807) is 49.4 Å². The molecule has 6 heteroatoms. The first-order chi connectivity index (χ1) is 11.0. The molecule has 0 fully saturated rings. The smallest absolute Gasteiger partial charge is 0.237 e. The Hall–Kier alpha value is -2.34. The van der Waals surface area contributed by atoms with Crippen LogP contribution in [0.3, 0.4) is 0 Å². The molecule has 0 aliphatic carbocycles. The van der Waals surface area contributed by atoms with E-state index in [1.165, 1.54) is 24.8 Å². The van der Waals surface area contributed by atoms with Gasteiger partial charge in [-0.3, -0.25) is 9.59 Å². The Labute approximate surface area is 138 Å². The van der Waals surface area contributed by atoms with Gasteiger partial charge in [-0.15, -0.1) is 11.8 Å². The fourth-order valence-corrected chi connectivity index (χ4v) is 2.75. The van der Waals surface area contributed by atoms with Gasteiger partial charge in [-0.05, 0) is 43.3 Å². The highest BCUT2D eigenvalue weighted by atomic mass is 32.2. The average molecular weight is 332 g/mol. The summed E-state index contributed by atoms with van der Waals surface area (Å²) in [5.74, 6) is -0.709. The number of hydrogen-bond donors (Lipinski definition) is 2. The monoisotopic (exact) mass is 332 g/mol. The van der Waals surface area contributed by atoms with Crippen LogP contribution < -0.4 is 10.6 Å². The van der Waals surface area contributed by atoms with E-state index in [4.69, 9.17) is 0 Å². The third-order valence-electron chi connectivity index (χ3n) is 2.98. The lowest BCUT2D eigenvalue weighted by Gasteiger charge is -2.13. The maximum absolute atomic E-state index is 13.6. The summed E-state index contributed by atoms with van der Waals surface area (Å²) in [6, 6.07) is 13.2. The van der Waals surface area contributed by atoms with Crippen molar-refractivity contribution in [1.82, 2.24) is 0 Å². The fraction of sp³-hybridized carbons (Fsp3) is 0.176. The first-order valence-corrected chi connectivity index (χ1v) is 7.93. The van der Waals surface area contributed by atoms with Crippen molar-refractivity contribution in [2.45, 2.75) is 24.0 Å². The zero-order chi connectivity index (χ0) is 16.8. The van der Waals surface area contributed by atoms with E-state index in [-0.39, 0.29) is 17.6 Å². The number of halogens is 1. The molecule has 0 aromatic heterocycles.